The highest BCUT2D eigenvalue weighted by molar-refractivity contribution is 6.32. The van der Waals surface area contributed by atoms with E-state index >= 15 is 0 Å². The van der Waals surface area contributed by atoms with E-state index in [0.29, 0.717) is 12.8 Å². The summed E-state index contributed by atoms with van der Waals surface area (Å²) in [6.45, 7) is 15.3. The third kappa shape index (κ3) is 1.86. The van der Waals surface area contributed by atoms with Crippen LogP contribution in [-0.4, -0.2) is 22.5 Å². The molecule has 2 fully saturated rings. The van der Waals surface area contributed by atoms with Gasteiger partial charge in [-0.3, -0.25) is 14.4 Å². The normalized spacial score (nSPS) is 39.2. The van der Waals surface area contributed by atoms with Crippen LogP contribution in [0.25, 0.3) is 0 Å². The molecule has 0 radical (unpaired) electrons. The average molecular weight is 344 g/mol. The Labute approximate surface area is 149 Å². The molecule has 3 aliphatic carbocycles. The Kier molecular flexibility index (Phi) is 3.56. The van der Waals surface area contributed by atoms with Crippen molar-refractivity contribution in [2.75, 3.05) is 0 Å². The number of hydrogen-bond acceptors (Lipinski definition) is 4. The predicted molar refractivity (Wildman–Crippen MR) is 94.9 cm³/mol. The topological polar surface area (TPSA) is 71.4 Å². The number of allylic oxidation sites excluding steroid dienone is 3. The van der Waals surface area contributed by atoms with Gasteiger partial charge in [-0.2, -0.15) is 0 Å². The summed E-state index contributed by atoms with van der Waals surface area (Å²) in [6, 6.07) is 0. The average Bonchev–Trinajstić information content (AvgIpc) is 2.85. The molecule has 0 aliphatic heterocycles. The van der Waals surface area contributed by atoms with Crippen molar-refractivity contribution in [3.8, 4) is 0 Å². The zero-order chi connectivity index (χ0) is 19.1. The summed E-state index contributed by atoms with van der Waals surface area (Å²) in [5, 5.41) is 10.8. The second-order valence-electron chi connectivity index (χ2n) is 9.39. The molecule has 0 aromatic heterocycles. The van der Waals surface area contributed by atoms with Gasteiger partial charge in [0, 0.05) is 5.92 Å². The lowest BCUT2D eigenvalue weighted by Gasteiger charge is -2.35. The van der Waals surface area contributed by atoms with E-state index in [9.17, 15) is 19.5 Å². The molecule has 4 atom stereocenters. The minimum Gasteiger partial charge on any atom is -0.510 e. The molecule has 2 bridgehead atoms. The van der Waals surface area contributed by atoms with Crippen LogP contribution in [0.15, 0.2) is 23.5 Å². The van der Waals surface area contributed by atoms with Crippen molar-refractivity contribution >= 4 is 17.3 Å². The third-order valence-electron chi connectivity index (χ3n) is 7.19. The first-order valence-electron chi connectivity index (χ1n) is 9.06. The highest BCUT2D eigenvalue weighted by Gasteiger charge is 2.76. The maximum absolute atomic E-state index is 13.5. The van der Waals surface area contributed by atoms with Crippen LogP contribution in [0.2, 0.25) is 0 Å². The Balaban J connectivity index is 2.26. The molecular weight excluding hydrogens is 316 g/mol. The van der Waals surface area contributed by atoms with Crippen molar-refractivity contribution in [3.05, 3.63) is 23.5 Å². The molecule has 0 aromatic carbocycles. The molecule has 4 nitrogen and oxygen atoms in total. The molecule has 4 heteroatoms. The minimum absolute atomic E-state index is 0.0468. The van der Waals surface area contributed by atoms with Crippen molar-refractivity contribution in [2.24, 2.45) is 34.0 Å². The van der Waals surface area contributed by atoms with Crippen LogP contribution >= 0.6 is 0 Å². The van der Waals surface area contributed by atoms with Gasteiger partial charge in [0.25, 0.3) is 0 Å². The fraction of sp³-hybridized carbons (Fsp3) is 0.667. The zero-order valence-electron chi connectivity index (χ0n) is 16.0. The Morgan fingerprint density at radius 1 is 1.20 bits per heavy atom. The SMILES string of the molecule is C=C(C)[C@@H]1C[C@@]23C(=O)C(C(=O)C(C)C)=C(O)[C@@](C)(C[C@@H]2C1(C)C)C3=O. The Hall–Kier alpha value is -1.71. The molecule has 0 saturated heterocycles. The molecule has 3 aliphatic rings. The van der Waals surface area contributed by atoms with Gasteiger partial charge in [-0.15, -0.1) is 0 Å². The predicted octanol–water partition coefficient (Wildman–Crippen LogP) is 3.81. The van der Waals surface area contributed by atoms with E-state index in [0.717, 1.165) is 5.57 Å². The van der Waals surface area contributed by atoms with E-state index in [1.54, 1.807) is 20.8 Å². The highest BCUT2D eigenvalue weighted by Crippen LogP contribution is 2.71. The quantitative estimate of drug-likeness (QED) is 0.480. The Bertz CT molecular complexity index is 754. The van der Waals surface area contributed by atoms with Crippen molar-refractivity contribution in [1.29, 1.82) is 0 Å². The molecule has 1 N–H and O–H groups in total. The zero-order valence-corrected chi connectivity index (χ0v) is 16.0. The van der Waals surface area contributed by atoms with Crippen LogP contribution < -0.4 is 0 Å². The first-order valence-corrected chi connectivity index (χ1v) is 9.06. The molecule has 0 aromatic rings. The van der Waals surface area contributed by atoms with Gasteiger partial charge in [0.2, 0.25) is 0 Å². The van der Waals surface area contributed by atoms with E-state index in [-0.39, 0.29) is 40.1 Å². The van der Waals surface area contributed by atoms with Crippen LogP contribution in [0.5, 0.6) is 0 Å². The van der Waals surface area contributed by atoms with E-state index in [1.165, 1.54) is 0 Å². The summed E-state index contributed by atoms with van der Waals surface area (Å²) >= 11 is 0. The minimum atomic E-state index is -1.19. The summed E-state index contributed by atoms with van der Waals surface area (Å²) in [7, 11) is 0. The van der Waals surface area contributed by atoms with E-state index in [4.69, 9.17) is 0 Å². The number of Topliss-reactive ketones (excluding diaryl/α,β-unsaturated/α-hetero) is 3. The van der Waals surface area contributed by atoms with Gasteiger partial charge in [0.05, 0.1) is 10.8 Å². The largest absolute Gasteiger partial charge is 0.510 e. The summed E-state index contributed by atoms with van der Waals surface area (Å²) in [5.41, 5.74) is -1.76. The second-order valence-corrected chi connectivity index (χ2v) is 9.39. The molecule has 3 rings (SSSR count). The van der Waals surface area contributed by atoms with Crippen molar-refractivity contribution in [2.45, 2.75) is 54.4 Å². The number of fused-ring (bicyclic) bond motifs is 1. The van der Waals surface area contributed by atoms with Gasteiger partial charge in [0.15, 0.2) is 17.3 Å². The van der Waals surface area contributed by atoms with Gasteiger partial charge >= 0.3 is 0 Å². The van der Waals surface area contributed by atoms with Crippen LogP contribution in [0, 0.1) is 34.0 Å². The van der Waals surface area contributed by atoms with Crippen molar-refractivity contribution in [3.63, 3.8) is 0 Å². The smallest absolute Gasteiger partial charge is 0.183 e. The highest BCUT2D eigenvalue weighted by atomic mass is 16.3. The molecular formula is C21H28O4. The third-order valence-corrected chi connectivity index (χ3v) is 7.19. The standard InChI is InChI=1S/C21H28O4/c1-10(2)12-8-21-13(19(12,5)6)9-20(7,18(21)25)16(23)14(17(21)24)15(22)11(3)4/h11-13,23H,1,8-9H2,2-7H3/t12-,13+,20+,21-/m0/s1. The number of ketones is 3. The first kappa shape index (κ1) is 18.1. The fourth-order valence-electron chi connectivity index (χ4n) is 5.78. The molecule has 0 amide bonds. The van der Waals surface area contributed by atoms with E-state index < -0.39 is 22.5 Å². The van der Waals surface area contributed by atoms with Crippen LogP contribution in [0.4, 0.5) is 0 Å². The molecule has 1 spiro atoms. The maximum atomic E-state index is 13.5. The number of aliphatic hydroxyl groups is 1. The van der Waals surface area contributed by atoms with Crippen molar-refractivity contribution < 1.29 is 19.5 Å². The second kappa shape index (κ2) is 4.93. The van der Waals surface area contributed by atoms with Crippen molar-refractivity contribution in [1.82, 2.24) is 0 Å². The summed E-state index contributed by atoms with van der Waals surface area (Å²) in [5.74, 6) is -1.87. The number of rotatable bonds is 3. The van der Waals surface area contributed by atoms with Gasteiger partial charge in [-0.05, 0) is 43.9 Å². The summed E-state index contributed by atoms with van der Waals surface area (Å²) in [6.07, 6.45) is 0.810. The lowest BCUT2D eigenvalue weighted by molar-refractivity contribution is -0.144. The van der Waals surface area contributed by atoms with Gasteiger partial charge in [0.1, 0.15) is 11.3 Å². The number of carbonyl (C=O) groups is 3. The van der Waals surface area contributed by atoms with Crippen LogP contribution in [0.3, 0.4) is 0 Å². The molecule has 0 heterocycles. The number of hydrogen-bond donors (Lipinski definition) is 1. The number of aliphatic hydroxyl groups excluding tert-OH is 1. The molecule has 0 unspecified atom stereocenters. The monoisotopic (exact) mass is 344 g/mol. The Morgan fingerprint density at radius 2 is 1.76 bits per heavy atom. The molecule has 25 heavy (non-hydrogen) atoms. The molecule has 2 saturated carbocycles. The maximum Gasteiger partial charge on any atom is 0.183 e. The first-order chi connectivity index (χ1) is 11.3. The summed E-state index contributed by atoms with van der Waals surface area (Å²) in [4.78, 5) is 39.5. The fourth-order valence-corrected chi connectivity index (χ4v) is 5.78. The van der Waals surface area contributed by atoms with Crippen LogP contribution in [-0.2, 0) is 14.4 Å². The van der Waals surface area contributed by atoms with Gasteiger partial charge < -0.3 is 5.11 Å². The lowest BCUT2D eigenvalue weighted by atomic mass is 9.64. The van der Waals surface area contributed by atoms with Crippen LogP contribution in [0.1, 0.15) is 54.4 Å². The van der Waals surface area contributed by atoms with E-state index in [2.05, 4.69) is 20.4 Å². The van der Waals surface area contributed by atoms with Gasteiger partial charge in [-0.1, -0.05) is 39.8 Å². The Morgan fingerprint density at radius 3 is 2.24 bits per heavy atom. The lowest BCUT2D eigenvalue weighted by Crippen LogP contribution is -2.49. The number of carbonyl (C=O) groups excluding carboxylic acids is 3. The molecule has 136 valence electrons. The van der Waals surface area contributed by atoms with Gasteiger partial charge in [-0.25, -0.2) is 0 Å². The van der Waals surface area contributed by atoms with E-state index in [1.807, 2.05) is 6.92 Å². The summed E-state index contributed by atoms with van der Waals surface area (Å²) < 4.78 is 0.